The number of thiazole rings is 1. The molecule has 0 atom stereocenters. The predicted octanol–water partition coefficient (Wildman–Crippen LogP) is 4.30. The van der Waals surface area contributed by atoms with Crippen LogP contribution in [0.5, 0.6) is 0 Å². The van der Waals surface area contributed by atoms with E-state index in [1.54, 1.807) is 40.7 Å². The zero-order valence-corrected chi connectivity index (χ0v) is 21.3. The highest BCUT2D eigenvalue weighted by Gasteiger charge is 2.35. The number of nitro groups is 1. The molecule has 10 nitrogen and oxygen atoms in total. The first kappa shape index (κ1) is 24.4. The van der Waals surface area contributed by atoms with Crippen molar-refractivity contribution >= 4 is 59.6 Å². The van der Waals surface area contributed by atoms with Crippen LogP contribution in [0.3, 0.4) is 0 Å². The first-order valence-corrected chi connectivity index (χ1v) is 14.3. The summed E-state index contributed by atoms with van der Waals surface area (Å²) in [4.78, 5) is 34.9. The molecule has 1 aliphatic heterocycles. The molecule has 3 aromatic heterocycles. The van der Waals surface area contributed by atoms with E-state index in [1.807, 2.05) is 12.1 Å². The summed E-state index contributed by atoms with van der Waals surface area (Å²) >= 11 is 2.39. The number of fused-ring (bicyclic) bond motifs is 1. The monoisotopic (exact) mass is 543 g/mol. The van der Waals surface area contributed by atoms with Gasteiger partial charge in [-0.25, -0.2) is 13.4 Å². The number of sulfonamides is 1. The molecule has 1 aromatic carbocycles. The molecule has 0 spiro atoms. The smallest absolute Gasteiger partial charge is 0.270 e. The van der Waals surface area contributed by atoms with Gasteiger partial charge in [0.1, 0.15) is 4.21 Å². The Hall–Kier alpha value is -3.26. The summed E-state index contributed by atoms with van der Waals surface area (Å²) in [5.41, 5.74) is 1.20. The van der Waals surface area contributed by atoms with Gasteiger partial charge in [-0.05, 0) is 42.5 Å². The average molecular weight is 544 g/mol. The van der Waals surface area contributed by atoms with Gasteiger partial charge in [0.25, 0.3) is 15.7 Å². The van der Waals surface area contributed by atoms with E-state index in [-0.39, 0.29) is 37.1 Å². The van der Waals surface area contributed by atoms with E-state index in [9.17, 15) is 23.3 Å². The second kappa shape index (κ2) is 10.0. The summed E-state index contributed by atoms with van der Waals surface area (Å²) in [6.07, 6.45) is 2.42. The fourth-order valence-electron chi connectivity index (χ4n) is 4.12. The second-order valence-electron chi connectivity index (χ2n) is 8.26. The first-order chi connectivity index (χ1) is 17.3. The minimum atomic E-state index is -3.57. The first-order valence-electron chi connectivity index (χ1n) is 11.1. The topological polar surface area (TPSA) is 127 Å². The lowest BCUT2D eigenvalue weighted by molar-refractivity contribution is -0.384. The molecular formula is C23H21N5O5S3. The van der Waals surface area contributed by atoms with Crippen molar-refractivity contribution in [3.8, 4) is 0 Å². The normalized spacial score (nSPS) is 15.2. The molecule has 0 radical (unpaired) electrons. The summed E-state index contributed by atoms with van der Waals surface area (Å²) in [5, 5.41) is 13.3. The molecule has 0 N–H and O–H groups in total. The van der Waals surface area contributed by atoms with Crippen molar-refractivity contribution in [3.63, 3.8) is 0 Å². The van der Waals surface area contributed by atoms with Crippen molar-refractivity contribution < 1.29 is 18.1 Å². The molecule has 1 fully saturated rings. The van der Waals surface area contributed by atoms with Crippen LogP contribution in [0.2, 0.25) is 0 Å². The number of aromatic nitrogens is 2. The molecule has 4 heterocycles. The quantitative estimate of drug-likeness (QED) is 0.251. The Morgan fingerprint density at radius 2 is 1.97 bits per heavy atom. The van der Waals surface area contributed by atoms with E-state index in [1.165, 1.54) is 39.1 Å². The van der Waals surface area contributed by atoms with Gasteiger partial charge in [-0.3, -0.25) is 24.8 Å². The van der Waals surface area contributed by atoms with Crippen molar-refractivity contribution in [1.29, 1.82) is 0 Å². The number of pyridine rings is 1. The van der Waals surface area contributed by atoms with Crippen molar-refractivity contribution in [2.45, 2.75) is 23.6 Å². The highest BCUT2D eigenvalue weighted by Crippen LogP contribution is 2.34. The Labute approximate surface area is 215 Å². The number of nitro benzene ring substituents is 1. The standard InChI is InChI=1S/C23H21N5O5S3/c29-22(16-8-11-26(12-9-16)36(32,33)21-5-3-13-34-21)27(15-17-4-1-2-10-24-17)23-25-19-7-6-18(28(30)31)14-20(19)35-23/h1-7,10,13-14,16H,8-9,11-12,15H2. The SMILES string of the molecule is O=C(C1CCN(S(=O)(=O)c2cccs2)CC1)N(Cc1ccccn1)c1nc2ccc([N+](=O)[O-])cc2s1. The van der Waals surface area contributed by atoms with Gasteiger partial charge in [-0.1, -0.05) is 23.5 Å². The number of amides is 1. The van der Waals surface area contributed by atoms with Crippen LogP contribution in [0, 0.1) is 16.0 Å². The number of rotatable bonds is 7. The van der Waals surface area contributed by atoms with Crippen LogP contribution in [0.15, 0.2) is 64.3 Å². The molecular weight excluding hydrogens is 522 g/mol. The van der Waals surface area contributed by atoms with Gasteiger partial charge in [-0.2, -0.15) is 4.31 Å². The number of non-ortho nitro benzene ring substituents is 1. The maximum absolute atomic E-state index is 13.7. The number of carbonyl (C=O) groups excluding carboxylic acids is 1. The van der Waals surface area contributed by atoms with Crippen LogP contribution in [0.25, 0.3) is 10.2 Å². The molecule has 1 aliphatic rings. The van der Waals surface area contributed by atoms with Crippen LogP contribution in [-0.2, 0) is 21.4 Å². The van der Waals surface area contributed by atoms with E-state index in [4.69, 9.17) is 0 Å². The van der Waals surface area contributed by atoms with Crippen LogP contribution in [0.4, 0.5) is 10.8 Å². The summed E-state index contributed by atoms with van der Waals surface area (Å²) in [7, 11) is -3.57. The van der Waals surface area contributed by atoms with Gasteiger partial charge in [0.05, 0.1) is 27.4 Å². The third-order valence-electron chi connectivity index (χ3n) is 6.01. The maximum Gasteiger partial charge on any atom is 0.270 e. The Kier molecular flexibility index (Phi) is 6.79. The van der Waals surface area contributed by atoms with E-state index in [2.05, 4.69) is 9.97 Å². The minimum absolute atomic E-state index is 0.0420. The molecule has 1 amide bonds. The highest BCUT2D eigenvalue weighted by molar-refractivity contribution is 7.91. The van der Waals surface area contributed by atoms with Gasteiger partial charge in [-0.15, -0.1) is 11.3 Å². The number of hydrogen-bond acceptors (Lipinski definition) is 9. The fourth-order valence-corrected chi connectivity index (χ4v) is 7.74. The lowest BCUT2D eigenvalue weighted by Crippen LogP contribution is -2.44. The lowest BCUT2D eigenvalue weighted by atomic mass is 9.96. The summed E-state index contributed by atoms with van der Waals surface area (Å²) in [5.74, 6) is -0.549. The van der Waals surface area contributed by atoms with Crippen molar-refractivity contribution in [1.82, 2.24) is 14.3 Å². The zero-order valence-electron chi connectivity index (χ0n) is 18.9. The number of nitrogens with zero attached hydrogens (tertiary/aromatic N) is 5. The third kappa shape index (κ3) is 4.87. The average Bonchev–Trinajstić information content (AvgIpc) is 3.58. The molecule has 186 valence electrons. The van der Waals surface area contributed by atoms with Crippen LogP contribution in [-0.4, -0.2) is 46.6 Å². The zero-order chi connectivity index (χ0) is 25.3. The summed E-state index contributed by atoms with van der Waals surface area (Å²) in [6.45, 7) is 0.690. The molecule has 4 aromatic rings. The number of carbonyl (C=O) groups is 1. The number of anilines is 1. The number of hydrogen-bond donors (Lipinski definition) is 0. The number of piperidine rings is 1. The van der Waals surface area contributed by atoms with Gasteiger partial charge in [0.2, 0.25) is 5.91 Å². The predicted molar refractivity (Wildman–Crippen MR) is 138 cm³/mol. The maximum atomic E-state index is 13.7. The Balaban J connectivity index is 1.40. The van der Waals surface area contributed by atoms with Crippen molar-refractivity contribution in [2.75, 3.05) is 18.0 Å². The molecule has 0 unspecified atom stereocenters. The summed E-state index contributed by atoms with van der Waals surface area (Å²) in [6, 6.07) is 13.1. The van der Waals surface area contributed by atoms with E-state index in [0.29, 0.717) is 38.1 Å². The van der Waals surface area contributed by atoms with Crippen molar-refractivity contribution in [3.05, 3.63) is 75.9 Å². The fraction of sp³-hybridized carbons (Fsp3) is 0.261. The highest BCUT2D eigenvalue weighted by atomic mass is 32.2. The molecule has 0 aliphatic carbocycles. The van der Waals surface area contributed by atoms with Gasteiger partial charge in [0, 0.05) is 37.3 Å². The number of benzene rings is 1. The minimum Gasteiger partial charge on any atom is -0.282 e. The van der Waals surface area contributed by atoms with Crippen LogP contribution >= 0.6 is 22.7 Å². The van der Waals surface area contributed by atoms with Gasteiger partial charge >= 0.3 is 0 Å². The Bertz CT molecular complexity index is 1500. The van der Waals surface area contributed by atoms with Crippen LogP contribution in [0.1, 0.15) is 18.5 Å². The van der Waals surface area contributed by atoms with E-state index in [0.717, 1.165) is 0 Å². The lowest BCUT2D eigenvalue weighted by Gasteiger charge is -2.32. The van der Waals surface area contributed by atoms with Crippen LogP contribution < -0.4 is 4.90 Å². The summed E-state index contributed by atoms with van der Waals surface area (Å²) < 4.78 is 28.1. The molecule has 36 heavy (non-hydrogen) atoms. The van der Waals surface area contributed by atoms with Crippen molar-refractivity contribution in [2.24, 2.45) is 5.92 Å². The number of thiophene rings is 1. The van der Waals surface area contributed by atoms with Gasteiger partial charge < -0.3 is 0 Å². The Morgan fingerprint density at radius 3 is 2.64 bits per heavy atom. The molecule has 0 bridgehead atoms. The largest absolute Gasteiger partial charge is 0.282 e. The van der Waals surface area contributed by atoms with E-state index >= 15 is 0 Å². The Morgan fingerprint density at radius 1 is 1.17 bits per heavy atom. The molecule has 13 heteroatoms. The van der Waals surface area contributed by atoms with Gasteiger partial charge in [0.15, 0.2) is 5.13 Å². The third-order valence-corrected chi connectivity index (χ3v) is 10.3. The second-order valence-corrected chi connectivity index (χ2v) is 12.4. The molecule has 1 saturated heterocycles. The molecule has 0 saturated carbocycles. The van der Waals surface area contributed by atoms with E-state index < -0.39 is 14.9 Å². The molecule has 5 rings (SSSR count).